The molecular formula is C13H12O4S. The Kier molecular flexibility index (Phi) is 3.00. The molecule has 0 atom stereocenters. The van der Waals surface area contributed by atoms with Gasteiger partial charge in [0.1, 0.15) is 11.5 Å². The van der Waals surface area contributed by atoms with Crippen LogP contribution in [0.15, 0.2) is 52.3 Å². The number of phenols is 2. The van der Waals surface area contributed by atoms with Gasteiger partial charge < -0.3 is 10.2 Å². The maximum Gasteiger partial charge on any atom is 0.207 e. The minimum atomic E-state index is -3.73. The Balaban J connectivity index is 2.70. The van der Waals surface area contributed by atoms with E-state index in [1.807, 2.05) is 0 Å². The summed E-state index contributed by atoms with van der Waals surface area (Å²) in [6.07, 6.45) is 0. The van der Waals surface area contributed by atoms with Crippen molar-refractivity contribution >= 4 is 9.84 Å². The number of hydrogen-bond donors (Lipinski definition) is 2. The van der Waals surface area contributed by atoms with Gasteiger partial charge in [0.25, 0.3) is 0 Å². The Morgan fingerprint density at radius 2 is 1.61 bits per heavy atom. The van der Waals surface area contributed by atoms with Crippen molar-refractivity contribution in [3.8, 4) is 11.5 Å². The topological polar surface area (TPSA) is 74.6 Å². The number of hydrogen-bond acceptors (Lipinski definition) is 4. The van der Waals surface area contributed by atoms with Gasteiger partial charge in [0.05, 0.1) is 9.79 Å². The van der Waals surface area contributed by atoms with Gasteiger partial charge in [-0.15, -0.1) is 0 Å². The van der Waals surface area contributed by atoms with Gasteiger partial charge in [0.15, 0.2) is 0 Å². The zero-order valence-electron chi connectivity index (χ0n) is 9.66. The number of rotatable bonds is 2. The summed E-state index contributed by atoms with van der Waals surface area (Å²) in [4.78, 5) is 0.0318. The van der Waals surface area contributed by atoms with Crippen LogP contribution in [-0.4, -0.2) is 18.6 Å². The first-order valence-corrected chi connectivity index (χ1v) is 6.74. The van der Waals surface area contributed by atoms with Gasteiger partial charge in [0, 0.05) is 11.6 Å². The third-order valence-corrected chi connectivity index (χ3v) is 4.56. The van der Waals surface area contributed by atoms with Crippen molar-refractivity contribution < 1.29 is 18.6 Å². The number of aromatic hydroxyl groups is 2. The van der Waals surface area contributed by atoms with Gasteiger partial charge in [0.2, 0.25) is 9.84 Å². The Bertz CT molecular complexity index is 676. The van der Waals surface area contributed by atoms with Crippen LogP contribution in [0, 0.1) is 6.92 Å². The van der Waals surface area contributed by atoms with Crippen molar-refractivity contribution in [2.45, 2.75) is 16.7 Å². The summed E-state index contributed by atoms with van der Waals surface area (Å²) in [6, 6.07) is 10.1. The molecule has 0 saturated carbocycles. The Morgan fingerprint density at radius 3 is 2.22 bits per heavy atom. The van der Waals surface area contributed by atoms with E-state index >= 15 is 0 Å². The lowest BCUT2D eigenvalue weighted by molar-refractivity contribution is 0.443. The highest BCUT2D eigenvalue weighted by Crippen LogP contribution is 2.32. The molecule has 0 radical (unpaired) electrons. The molecule has 0 bridgehead atoms. The number of sulfone groups is 1. The fraction of sp³-hybridized carbons (Fsp3) is 0.0769. The van der Waals surface area contributed by atoms with E-state index in [0.29, 0.717) is 0 Å². The van der Waals surface area contributed by atoms with E-state index in [1.165, 1.54) is 19.1 Å². The van der Waals surface area contributed by atoms with Crippen molar-refractivity contribution in [1.82, 2.24) is 0 Å². The summed E-state index contributed by atoms with van der Waals surface area (Å²) in [5, 5.41) is 19.0. The van der Waals surface area contributed by atoms with E-state index in [4.69, 9.17) is 0 Å². The predicted molar refractivity (Wildman–Crippen MR) is 66.4 cm³/mol. The molecule has 0 aliphatic carbocycles. The lowest BCUT2D eigenvalue weighted by Gasteiger charge is -2.09. The van der Waals surface area contributed by atoms with E-state index in [0.717, 1.165) is 12.1 Å². The summed E-state index contributed by atoms with van der Waals surface area (Å²) in [6.45, 7) is 1.49. The van der Waals surface area contributed by atoms with Crippen LogP contribution in [-0.2, 0) is 9.84 Å². The van der Waals surface area contributed by atoms with Crippen molar-refractivity contribution in [3.05, 3.63) is 48.0 Å². The van der Waals surface area contributed by atoms with Crippen LogP contribution in [0.4, 0.5) is 0 Å². The Labute approximate surface area is 105 Å². The SMILES string of the molecule is Cc1c(O)cc(O)cc1S(=O)(=O)c1ccccc1. The van der Waals surface area contributed by atoms with Crippen molar-refractivity contribution in [2.24, 2.45) is 0 Å². The fourth-order valence-electron chi connectivity index (χ4n) is 1.66. The number of phenolic OH excluding ortho intramolecular Hbond substituents is 2. The fourth-order valence-corrected chi connectivity index (χ4v) is 3.22. The first kappa shape index (κ1) is 12.4. The molecule has 0 fully saturated rings. The van der Waals surface area contributed by atoms with Crippen LogP contribution in [0.5, 0.6) is 11.5 Å². The second-order valence-corrected chi connectivity index (χ2v) is 5.82. The van der Waals surface area contributed by atoms with E-state index in [-0.39, 0.29) is 26.9 Å². The van der Waals surface area contributed by atoms with Gasteiger partial charge in [-0.1, -0.05) is 18.2 Å². The van der Waals surface area contributed by atoms with Crippen LogP contribution in [0.25, 0.3) is 0 Å². The molecule has 0 spiro atoms. The van der Waals surface area contributed by atoms with Gasteiger partial charge in [-0.05, 0) is 25.1 Å². The molecule has 0 saturated heterocycles. The molecule has 2 aromatic rings. The van der Waals surface area contributed by atoms with Crippen LogP contribution in [0.3, 0.4) is 0 Å². The van der Waals surface area contributed by atoms with Crippen molar-refractivity contribution in [2.75, 3.05) is 0 Å². The molecule has 0 unspecified atom stereocenters. The molecule has 2 rings (SSSR count). The van der Waals surface area contributed by atoms with Crippen molar-refractivity contribution in [1.29, 1.82) is 0 Å². The molecule has 5 heteroatoms. The van der Waals surface area contributed by atoms with E-state index in [2.05, 4.69) is 0 Å². The molecule has 0 aliphatic rings. The van der Waals surface area contributed by atoms with Gasteiger partial charge in [-0.2, -0.15) is 0 Å². The van der Waals surface area contributed by atoms with E-state index in [9.17, 15) is 18.6 Å². The van der Waals surface area contributed by atoms with Crippen LogP contribution < -0.4 is 0 Å². The first-order valence-electron chi connectivity index (χ1n) is 5.25. The quantitative estimate of drug-likeness (QED) is 0.872. The lowest BCUT2D eigenvalue weighted by atomic mass is 10.2. The second-order valence-electron chi connectivity index (χ2n) is 3.90. The standard InChI is InChI=1S/C13H12O4S/c1-9-12(15)7-10(14)8-13(9)18(16,17)11-5-3-2-4-6-11/h2-8,14-15H,1H3. The third-order valence-electron chi connectivity index (χ3n) is 2.66. The van der Waals surface area contributed by atoms with E-state index in [1.54, 1.807) is 18.2 Å². The van der Waals surface area contributed by atoms with Crippen LogP contribution >= 0.6 is 0 Å². The highest BCUT2D eigenvalue weighted by atomic mass is 32.2. The third kappa shape index (κ3) is 2.04. The number of benzene rings is 2. The maximum atomic E-state index is 12.3. The average Bonchev–Trinajstić information content (AvgIpc) is 2.34. The molecule has 2 N–H and O–H groups in total. The van der Waals surface area contributed by atoms with Gasteiger partial charge in [-0.25, -0.2) is 8.42 Å². The zero-order chi connectivity index (χ0) is 13.3. The van der Waals surface area contributed by atoms with Crippen molar-refractivity contribution in [3.63, 3.8) is 0 Å². The molecular weight excluding hydrogens is 252 g/mol. The second kappa shape index (κ2) is 4.34. The normalized spacial score (nSPS) is 11.4. The predicted octanol–water partition coefficient (Wildman–Crippen LogP) is 2.24. The molecule has 0 amide bonds. The molecule has 0 aliphatic heterocycles. The molecule has 2 aromatic carbocycles. The summed E-state index contributed by atoms with van der Waals surface area (Å²) in [5.41, 5.74) is 0.219. The van der Waals surface area contributed by atoms with Crippen LogP contribution in [0.2, 0.25) is 0 Å². The Morgan fingerprint density at radius 1 is 1.00 bits per heavy atom. The van der Waals surface area contributed by atoms with Crippen LogP contribution in [0.1, 0.15) is 5.56 Å². The molecule has 0 heterocycles. The molecule has 94 valence electrons. The zero-order valence-corrected chi connectivity index (χ0v) is 10.5. The highest BCUT2D eigenvalue weighted by Gasteiger charge is 2.22. The van der Waals surface area contributed by atoms with E-state index < -0.39 is 9.84 Å². The summed E-state index contributed by atoms with van der Waals surface area (Å²) >= 11 is 0. The molecule has 4 nitrogen and oxygen atoms in total. The molecule has 0 aromatic heterocycles. The Hall–Kier alpha value is -2.01. The highest BCUT2D eigenvalue weighted by molar-refractivity contribution is 7.91. The monoisotopic (exact) mass is 264 g/mol. The van der Waals surface area contributed by atoms with Gasteiger partial charge in [-0.3, -0.25) is 0 Å². The van der Waals surface area contributed by atoms with Gasteiger partial charge >= 0.3 is 0 Å². The maximum absolute atomic E-state index is 12.3. The minimum Gasteiger partial charge on any atom is -0.508 e. The summed E-state index contributed by atoms with van der Waals surface area (Å²) in [7, 11) is -3.73. The largest absolute Gasteiger partial charge is 0.508 e. The summed E-state index contributed by atoms with van der Waals surface area (Å²) < 4.78 is 24.7. The lowest BCUT2D eigenvalue weighted by Crippen LogP contribution is -2.04. The minimum absolute atomic E-state index is 0.0915. The molecule has 18 heavy (non-hydrogen) atoms. The average molecular weight is 264 g/mol. The first-order chi connectivity index (χ1) is 8.43. The smallest absolute Gasteiger partial charge is 0.207 e. The summed E-state index contributed by atoms with van der Waals surface area (Å²) in [5.74, 6) is -0.530.